The van der Waals surface area contributed by atoms with E-state index in [0.29, 0.717) is 26.1 Å². The Labute approximate surface area is 131 Å². The fraction of sp³-hybridized carbons (Fsp3) is 0.529. The van der Waals surface area contributed by atoms with Gasteiger partial charge in [0.2, 0.25) is 5.91 Å². The normalized spacial score (nSPS) is 21.5. The quantitative estimate of drug-likeness (QED) is 0.783. The molecule has 0 radical (unpaired) electrons. The number of rotatable bonds is 5. The maximum Gasteiger partial charge on any atom is 0.305 e. The highest BCUT2D eigenvalue weighted by atomic mass is 16.5. The van der Waals surface area contributed by atoms with E-state index in [1.165, 1.54) is 7.11 Å². The Morgan fingerprint density at radius 3 is 2.64 bits per heavy atom. The van der Waals surface area contributed by atoms with Gasteiger partial charge in [-0.05, 0) is 18.9 Å². The van der Waals surface area contributed by atoms with Crippen molar-refractivity contribution in [1.29, 1.82) is 0 Å². The van der Waals surface area contributed by atoms with Crippen LogP contribution in [0.5, 0.6) is 0 Å². The van der Waals surface area contributed by atoms with Crippen molar-refractivity contribution in [3.8, 4) is 0 Å². The summed E-state index contributed by atoms with van der Waals surface area (Å²) in [6.07, 6.45) is 1.14. The predicted octanol–water partition coefficient (Wildman–Crippen LogP) is 2.32. The summed E-state index contributed by atoms with van der Waals surface area (Å²) in [7, 11) is 1.36. The van der Waals surface area contributed by atoms with Crippen LogP contribution in [0.15, 0.2) is 30.3 Å². The van der Waals surface area contributed by atoms with Crippen LogP contribution >= 0.6 is 0 Å². The Balaban J connectivity index is 2.03. The molecule has 1 amide bonds. The molecule has 1 fully saturated rings. The Hall–Kier alpha value is -1.88. The molecule has 1 aliphatic heterocycles. The Morgan fingerprint density at radius 1 is 1.23 bits per heavy atom. The number of hydrogen-bond donors (Lipinski definition) is 0. The van der Waals surface area contributed by atoms with Gasteiger partial charge in [0.15, 0.2) is 0 Å². The largest absolute Gasteiger partial charge is 0.469 e. The molecule has 22 heavy (non-hydrogen) atoms. The van der Waals surface area contributed by atoms with E-state index in [1.807, 2.05) is 42.2 Å². The van der Waals surface area contributed by atoms with E-state index in [1.54, 1.807) is 0 Å². The van der Waals surface area contributed by atoms with Crippen LogP contribution in [0.2, 0.25) is 0 Å². The molecule has 1 aliphatic rings. The maximum atomic E-state index is 12.6. The number of carbonyl (C=O) groups is 2. The monoisotopic (exact) mass is 305 g/mol. The zero-order chi connectivity index (χ0) is 15.9. The molecule has 2 atom stereocenters. The fourth-order valence-electron chi connectivity index (χ4n) is 2.78. The topological polar surface area (TPSA) is 55.8 Å². The van der Waals surface area contributed by atoms with Gasteiger partial charge in [-0.2, -0.15) is 0 Å². The van der Waals surface area contributed by atoms with Gasteiger partial charge in [0, 0.05) is 12.8 Å². The van der Waals surface area contributed by atoms with Gasteiger partial charge in [0.1, 0.15) is 0 Å². The van der Waals surface area contributed by atoms with Crippen LogP contribution in [0.3, 0.4) is 0 Å². The first-order valence-electron chi connectivity index (χ1n) is 7.64. The summed E-state index contributed by atoms with van der Waals surface area (Å²) in [5.41, 5.74) is 1.08. The molecule has 0 aliphatic carbocycles. The number of hydrogen-bond acceptors (Lipinski definition) is 4. The first kappa shape index (κ1) is 16.5. The van der Waals surface area contributed by atoms with E-state index in [4.69, 9.17) is 4.74 Å². The SMILES string of the molecule is COC(=O)CCCC(=O)N1[C@H](C)COC[C@H]1c1ccccc1. The predicted molar refractivity (Wildman–Crippen MR) is 82.2 cm³/mol. The minimum Gasteiger partial charge on any atom is -0.469 e. The summed E-state index contributed by atoms with van der Waals surface area (Å²) < 4.78 is 10.2. The van der Waals surface area contributed by atoms with Crippen molar-refractivity contribution in [2.75, 3.05) is 20.3 Å². The van der Waals surface area contributed by atoms with E-state index >= 15 is 0 Å². The summed E-state index contributed by atoms with van der Waals surface area (Å²) in [4.78, 5) is 25.6. The molecule has 1 aromatic carbocycles. The highest BCUT2D eigenvalue weighted by Gasteiger charge is 2.32. The van der Waals surface area contributed by atoms with E-state index in [0.717, 1.165) is 5.56 Å². The van der Waals surface area contributed by atoms with Crippen molar-refractivity contribution >= 4 is 11.9 Å². The van der Waals surface area contributed by atoms with Gasteiger partial charge in [0.05, 0.1) is 32.4 Å². The van der Waals surface area contributed by atoms with Gasteiger partial charge < -0.3 is 14.4 Å². The highest BCUT2D eigenvalue weighted by Crippen LogP contribution is 2.28. The molecular weight excluding hydrogens is 282 g/mol. The van der Waals surface area contributed by atoms with Crippen LogP contribution in [0.1, 0.15) is 37.8 Å². The number of ether oxygens (including phenoxy) is 2. The molecule has 1 heterocycles. The van der Waals surface area contributed by atoms with E-state index < -0.39 is 0 Å². The first-order valence-corrected chi connectivity index (χ1v) is 7.64. The van der Waals surface area contributed by atoms with Crippen molar-refractivity contribution in [1.82, 2.24) is 4.90 Å². The molecule has 0 N–H and O–H groups in total. The van der Waals surface area contributed by atoms with Crippen LogP contribution in [0.4, 0.5) is 0 Å². The van der Waals surface area contributed by atoms with Crippen LogP contribution in [0, 0.1) is 0 Å². The molecule has 0 bridgehead atoms. The minimum absolute atomic E-state index is 0.0320. The smallest absolute Gasteiger partial charge is 0.305 e. The third-order valence-corrected chi connectivity index (χ3v) is 3.92. The van der Waals surface area contributed by atoms with Crippen molar-refractivity contribution < 1.29 is 19.1 Å². The van der Waals surface area contributed by atoms with Crippen LogP contribution < -0.4 is 0 Å². The first-order chi connectivity index (χ1) is 10.6. The van der Waals surface area contributed by atoms with Crippen molar-refractivity contribution in [2.24, 2.45) is 0 Å². The van der Waals surface area contributed by atoms with Gasteiger partial charge in [-0.15, -0.1) is 0 Å². The number of morpholine rings is 1. The zero-order valence-electron chi connectivity index (χ0n) is 13.2. The molecule has 0 spiro atoms. The van der Waals surface area contributed by atoms with Gasteiger partial charge in [-0.1, -0.05) is 30.3 Å². The minimum atomic E-state index is -0.276. The molecular formula is C17H23NO4. The van der Waals surface area contributed by atoms with Crippen LogP contribution in [-0.4, -0.2) is 43.1 Å². The highest BCUT2D eigenvalue weighted by molar-refractivity contribution is 5.78. The summed E-state index contributed by atoms with van der Waals surface area (Å²) in [5, 5.41) is 0. The second-order valence-corrected chi connectivity index (χ2v) is 5.54. The van der Waals surface area contributed by atoms with E-state index in [-0.39, 0.29) is 30.4 Å². The number of amides is 1. The number of esters is 1. The lowest BCUT2D eigenvalue weighted by Crippen LogP contribution is -2.49. The van der Waals surface area contributed by atoms with E-state index in [9.17, 15) is 9.59 Å². The second-order valence-electron chi connectivity index (χ2n) is 5.54. The number of methoxy groups -OCH3 is 1. The number of benzene rings is 1. The zero-order valence-corrected chi connectivity index (χ0v) is 13.2. The van der Waals surface area contributed by atoms with Gasteiger partial charge in [0.25, 0.3) is 0 Å². The van der Waals surface area contributed by atoms with Crippen LogP contribution in [0.25, 0.3) is 0 Å². The molecule has 5 nitrogen and oxygen atoms in total. The lowest BCUT2D eigenvalue weighted by Gasteiger charge is -2.41. The van der Waals surface area contributed by atoms with Gasteiger partial charge >= 0.3 is 5.97 Å². The molecule has 0 unspecified atom stereocenters. The second kappa shape index (κ2) is 7.94. The summed E-state index contributed by atoms with van der Waals surface area (Å²) in [5.74, 6) is -0.212. The molecule has 0 saturated carbocycles. The molecule has 1 aromatic rings. The van der Waals surface area contributed by atoms with Gasteiger partial charge in [-0.25, -0.2) is 0 Å². The third kappa shape index (κ3) is 4.07. The fourth-order valence-corrected chi connectivity index (χ4v) is 2.78. The molecule has 2 rings (SSSR count). The van der Waals surface area contributed by atoms with Crippen molar-refractivity contribution in [3.63, 3.8) is 0 Å². The Morgan fingerprint density at radius 2 is 1.95 bits per heavy atom. The number of nitrogens with zero attached hydrogens (tertiary/aromatic N) is 1. The molecule has 0 aromatic heterocycles. The lowest BCUT2D eigenvalue weighted by molar-refractivity contribution is -0.146. The molecule has 120 valence electrons. The molecule has 5 heteroatoms. The van der Waals surface area contributed by atoms with Crippen molar-refractivity contribution in [2.45, 2.75) is 38.3 Å². The maximum absolute atomic E-state index is 12.6. The van der Waals surface area contributed by atoms with Crippen molar-refractivity contribution in [3.05, 3.63) is 35.9 Å². The van der Waals surface area contributed by atoms with Gasteiger partial charge in [-0.3, -0.25) is 9.59 Å². The Bertz CT molecular complexity index is 503. The average molecular weight is 305 g/mol. The number of carbonyl (C=O) groups excluding carboxylic acids is 2. The molecule has 1 saturated heterocycles. The summed E-state index contributed by atoms with van der Waals surface area (Å²) in [6, 6.07) is 9.89. The average Bonchev–Trinajstić information content (AvgIpc) is 2.55. The Kier molecular flexibility index (Phi) is 5.95. The van der Waals surface area contributed by atoms with Crippen LogP contribution in [-0.2, 0) is 19.1 Å². The lowest BCUT2D eigenvalue weighted by atomic mass is 10.0. The van der Waals surface area contributed by atoms with E-state index in [2.05, 4.69) is 4.74 Å². The third-order valence-electron chi connectivity index (χ3n) is 3.92. The summed E-state index contributed by atoms with van der Waals surface area (Å²) >= 11 is 0. The standard InChI is InChI=1S/C17H23NO4/c1-13-11-22-12-15(14-7-4-3-5-8-14)18(13)16(19)9-6-10-17(20)21-2/h3-5,7-8,13,15H,6,9-12H2,1-2H3/t13-,15+/m1/s1. The summed E-state index contributed by atoms with van der Waals surface area (Å²) in [6.45, 7) is 3.05.